The molecule has 56 valence electrons. The van der Waals surface area contributed by atoms with Gasteiger partial charge < -0.3 is 0 Å². The average Bonchev–Trinajstić information content (AvgIpc) is 2.34. The summed E-state index contributed by atoms with van der Waals surface area (Å²) < 4.78 is 7.01. The minimum absolute atomic E-state index is 0.186. The summed E-state index contributed by atoms with van der Waals surface area (Å²) in [5.74, 6) is 0.726. The van der Waals surface area contributed by atoms with Crippen LogP contribution in [0.5, 0.6) is 0 Å². The molecule has 0 aromatic rings. The number of nitrogens with zero attached hydrogens (tertiary/aromatic N) is 2. The summed E-state index contributed by atoms with van der Waals surface area (Å²) in [5.41, 5.74) is 0. The fourth-order valence-corrected chi connectivity index (χ4v) is 1.64. The van der Waals surface area contributed by atoms with Gasteiger partial charge in [-0.05, 0) is 0 Å². The van der Waals surface area contributed by atoms with Crippen LogP contribution in [0.15, 0.2) is 4.40 Å². The van der Waals surface area contributed by atoms with Crippen molar-refractivity contribution in [2.45, 2.75) is 6.04 Å². The van der Waals surface area contributed by atoms with Crippen molar-refractivity contribution in [3.63, 3.8) is 0 Å². The van der Waals surface area contributed by atoms with E-state index in [1.165, 1.54) is 12.1 Å². The summed E-state index contributed by atoms with van der Waals surface area (Å²) in [7, 11) is 0. The molecule has 1 atom stereocenters. The smallest absolute Gasteiger partial charge is 0.158 e. The molecule has 6 heteroatoms. The van der Waals surface area contributed by atoms with E-state index in [9.17, 15) is 0 Å². The van der Waals surface area contributed by atoms with E-state index < -0.39 is 0 Å². The van der Waals surface area contributed by atoms with Crippen LogP contribution >= 0.6 is 12.1 Å². The van der Waals surface area contributed by atoms with Crippen LogP contribution < -0.4 is 10.0 Å². The highest BCUT2D eigenvalue weighted by Gasteiger charge is 2.29. The Hall–Kier alpha value is -0.300. The Balaban J connectivity index is 2.19. The first kappa shape index (κ1) is 6.41. The summed E-state index contributed by atoms with van der Waals surface area (Å²) in [6.07, 6.45) is 0. The number of hydrogen-bond donors (Lipinski definition) is 3. The molecule has 0 saturated carbocycles. The van der Waals surface area contributed by atoms with E-state index >= 15 is 0 Å². The second kappa shape index (κ2) is 2.39. The average molecular weight is 160 g/mol. The molecule has 3 N–H and O–H groups in total. The zero-order valence-corrected chi connectivity index (χ0v) is 6.06. The van der Waals surface area contributed by atoms with Gasteiger partial charge in [0.25, 0.3) is 0 Å². The third kappa shape index (κ3) is 0.891. The highest BCUT2D eigenvalue weighted by Crippen LogP contribution is 2.11. The zero-order valence-electron chi connectivity index (χ0n) is 5.24. The molecule has 1 fully saturated rings. The van der Waals surface area contributed by atoms with Gasteiger partial charge >= 0.3 is 0 Å². The molecule has 1 unspecified atom stereocenters. The molecule has 5 nitrogen and oxygen atoms in total. The number of hydroxylamine groups is 2. The van der Waals surface area contributed by atoms with Crippen molar-refractivity contribution in [2.75, 3.05) is 13.2 Å². The highest BCUT2D eigenvalue weighted by atomic mass is 32.2. The SMILES string of the molecule is ON1CNC2CNSN=C21. The Morgan fingerprint density at radius 3 is 3.50 bits per heavy atom. The monoisotopic (exact) mass is 160 g/mol. The number of rotatable bonds is 0. The Kier molecular flexibility index (Phi) is 1.53. The summed E-state index contributed by atoms with van der Waals surface area (Å²) in [6, 6.07) is 0.186. The van der Waals surface area contributed by atoms with Crippen LogP contribution in [0.3, 0.4) is 0 Å². The van der Waals surface area contributed by atoms with Gasteiger partial charge in [-0.2, -0.15) is 4.40 Å². The van der Waals surface area contributed by atoms with Crippen molar-refractivity contribution < 1.29 is 5.21 Å². The molecule has 0 radical (unpaired) electrons. The minimum atomic E-state index is 0.186. The fourth-order valence-electron chi connectivity index (χ4n) is 1.02. The third-order valence-electron chi connectivity index (χ3n) is 1.55. The fraction of sp³-hybridized carbons (Fsp3) is 0.750. The topological polar surface area (TPSA) is 59.9 Å². The van der Waals surface area contributed by atoms with Crippen molar-refractivity contribution >= 4 is 18.0 Å². The first-order valence-electron chi connectivity index (χ1n) is 3.04. The molecule has 2 aliphatic heterocycles. The highest BCUT2D eigenvalue weighted by molar-refractivity contribution is 7.96. The van der Waals surface area contributed by atoms with Crippen molar-refractivity contribution in [2.24, 2.45) is 4.40 Å². The number of nitrogens with one attached hydrogen (secondary N) is 2. The molecule has 10 heavy (non-hydrogen) atoms. The number of amidine groups is 1. The maximum atomic E-state index is 9.12. The largest absolute Gasteiger partial charge is 0.287 e. The lowest BCUT2D eigenvalue weighted by molar-refractivity contribution is -0.00673. The van der Waals surface area contributed by atoms with Gasteiger partial charge in [-0.1, -0.05) is 0 Å². The van der Waals surface area contributed by atoms with Crippen LogP contribution in [-0.4, -0.2) is 35.4 Å². The van der Waals surface area contributed by atoms with Gasteiger partial charge in [0, 0.05) is 6.54 Å². The molecule has 0 amide bonds. The molecule has 1 saturated heterocycles. The van der Waals surface area contributed by atoms with E-state index in [1.807, 2.05) is 0 Å². The van der Waals surface area contributed by atoms with Gasteiger partial charge in [-0.3, -0.25) is 10.5 Å². The summed E-state index contributed by atoms with van der Waals surface area (Å²) >= 11 is 1.27. The molecular weight excluding hydrogens is 152 g/mol. The second-order valence-corrected chi connectivity index (χ2v) is 2.86. The molecular formula is C4H8N4OS. The lowest BCUT2D eigenvalue weighted by Crippen LogP contribution is -2.39. The van der Waals surface area contributed by atoms with Crippen LogP contribution in [0.25, 0.3) is 0 Å². The maximum Gasteiger partial charge on any atom is 0.158 e. The number of fused-ring (bicyclic) bond motifs is 1. The Labute approximate surface area is 62.7 Å². The first-order chi connectivity index (χ1) is 4.88. The van der Waals surface area contributed by atoms with E-state index in [0.29, 0.717) is 6.67 Å². The predicted molar refractivity (Wildman–Crippen MR) is 38.4 cm³/mol. The van der Waals surface area contributed by atoms with Crippen molar-refractivity contribution in [1.82, 2.24) is 15.1 Å². The number of hydrogen-bond acceptors (Lipinski definition) is 6. The van der Waals surface area contributed by atoms with Gasteiger partial charge in [0.15, 0.2) is 5.84 Å². The van der Waals surface area contributed by atoms with E-state index in [2.05, 4.69) is 14.4 Å². The van der Waals surface area contributed by atoms with Gasteiger partial charge in [0.2, 0.25) is 0 Å². The minimum Gasteiger partial charge on any atom is -0.287 e. The Morgan fingerprint density at radius 2 is 2.70 bits per heavy atom. The van der Waals surface area contributed by atoms with E-state index in [-0.39, 0.29) is 6.04 Å². The van der Waals surface area contributed by atoms with Crippen LogP contribution in [-0.2, 0) is 0 Å². The molecule has 0 aromatic heterocycles. The Morgan fingerprint density at radius 1 is 1.80 bits per heavy atom. The molecule has 2 aliphatic rings. The van der Waals surface area contributed by atoms with Crippen molar-refractivity contribution in [1.29, 1.82) is 0 Å². The van der Waals surface area contributed by atoms with Crippen LogP contribution in [0, 0.1) is 0 Å². The van der Waals surface area contributed by atoms with Gasteiger partial charge in [-0.15, -0.1) is 0 Å². The lowest BCUT2D eigenvalue weighted by atomic mass is 10.3. The van der Waals surface area contributed by atoms with Crippen molar-refractivity contribution in [3.05, 3.63) is 0 Å². The summed E-state index contributed by atoms with van der Waals surface area (Å²) in [5, 5.41) is 13.3. The molecule has 0 aromatic carbocycles. The van der Waals surface area contributed by atoms with E-state index in [0.717, 1.165) is 17.4 Å². The first-order valence-corrected chi connectivity index (χ1v) is 3.82. The molecule has 0 aliphatic carbocycles. The second-order valence-electron chi connectivity index (χ2n) is 2.20. The molecule has 2 heterocycles. The van der Waals surface area contributed by atoms with E-state index in [1.54, 1.807) is 0 Å². The maximum absolute atomic E-state index is 9.12. The quantitative estimate of drug-likeness (QED) is 0.404. The van der Waals surface area contributed by atoms with Crippen LogP contribution in [0.2, 0.25) is 0 Å². The molecule has 0 spiro atoms. The summed E-state index contributed by atoms with van der Waals surface area (Å²) in [4.78, 5) is 0. The Bertz CT molecular complexity index is 173. The zero-order chi connectivity index (χ0) is 6.97. The van der Waals surface area contributed by atoms with Gasteiger partial charge in [0.05, 0.1) is 24.8 Å². The van der Waals surface area contributed by atoms with Crippen LogP contribution in [0.1, 0.15) is 0 Å². The van der Waals surface area contributed by atoms with Crippen LogP contribution in [0.4, 0.5) is 0 Å². The predicted octanol–water partition coefficient (Wildman–Crippen LogP) is -0.828. The normalized spacial score (nSPS) is 31.9. The van der Waals surface area contributed by atoms with Gasteiger partial charge in [0.1, 0.15) is 0 Å². The molecule has 2 rings (SSSR count). The molecule has 0 bridgehead atoms. The third-order valence-corrected chi connectivity index (χ3v) is 2.13. The standard InChI is InChI=1S/C4H8N4OS/c9-8-2-5-3-1-6-10-7-4(3)8/h3,5-6,9H,1-2H2. The summed E-state index contributed by atoms with van der Waals surface area (Å²) in [6.45, 7) is 1.30. The van der Waals surface area contributed by atoms with Gasteiger partial charge in [-0.25, -0.2) is 9.79 Å². The lowest BCUT2D eigenvalue weighted by Gasteiger charge is -2.16. The van der Waals surface area contributed by atoms with Crippen molar-refractivity contribution in [3.8, 4) is 0 Å². The van der Waals surface area contributed by atoms with E-state index in [4.69, 9.17) is 5.21 Å².